The molecule has 0 radical (unpaired) electrons. The first-order valence-corrected chi connectivity index (χ1v) is 5.59. The Morgan fingerprint density at radius 2 is 2.00 bits per heavy atom. The molecule has 0 bridgehead atoms. The summed E-state index contributed by atoms with van der Waals surface area (Å²) in [4.78, 5) is 0. The Hall–Kier alpha value is -0.580. The van der Waals surface area contributed by atoms with E-state index in [0.717, 1.165) is 11.1 Å². The second-order valence-corrected chi connectivity index (χ2v) is 4.45. The number of hydrogen-bond acceptors (Lipinski definition) is 3. The smallest absolute Gasteiger partial charge is 0.136 e. The van der Waals surface area contributed by atoms with E-state index < -0.39 is 6.10 Å². The molecular weight excluding hydrogens is 258 g/mol. The van der Waals surface area contributed by atoms with Gasteiger partial charge in [0.1, 0.15) is 5.75 Å². The Bertz CT molecular complexity index is 366. The van der Waals surface area contributed by atoms with Crippen molar-refractivity contribution >= 4 is 15.9 Å². The zero-order valence-electron chi connectivity index (χ0n) is 9.13. The molecule has 0 aliphatic rings. The van der Waals surface area contributed by atoms with Crippen LogP contribution in [0.2, 0.25) is 0 Å². The molecule has 0 aromatic heterocycles. The molecule has 0 spiro atoms. The topological polar surface area (TPSA) is 52.5 Å². The Kier molecular flexibility index (Phi) is 4.13. The predicted molar refractivity (Wildman–Crippen MR) is 64.2 cm³/mol. The summed E-state index contributed by atoms with van der Waals surface area (Å²) in [6.07, 6.45) is -0.688. The highest BCUT2D eigenvalue weighted by molar-refractivity contribution is 9.10. The minimum atomic E-state index is -0.688. The van der Waals surface area contributed by atoms with Crippen molar-refractivity contribution in [3.8, 4) is 5.75 Å². The number of likely N-dealkylation sites (N-methyl/N-ethyl adjacent to an activating group) is 1. The molecule has 0 amide bonds. The molecule has 0 aliphatic heterocycles. The van der Waals surface area contributed by atoms with Gasteiger partial charge in [-0.15, -0.1) is 0 Å². The molecule has 0 aliphatic carbocycles. The van der Waals surface area contributed by atoms with Crippen LogP contribution in [0.1, 0.15) is 22.8 Å². The van der Waals surface area contributed by atoms with E-state index >= 15 is 0 Å². The minimum absolute atomic E-state index is 0.134. The molecule has 0 saturated carbocycles. The number of halogens is 1. The summed E-state index contributed by atoms with van der Waals surface area (Å²) in [5.74, 6) is 0.134. The zero-order chi connectivity index (χ0) is 11.6. The van der Waals surface area contributed by atoms with E-state index in [1.54, 1.807) is 7.05 Å². The van der Waals surface area contributed by atoms with Gasteiger partial charge in [0.15, 0.2) is 0 Å². The van der Waals surface area contributed by atoms with Gasteiger partial charge in [-0.3, -0.25) is 0 Å². The second kappa shape index (κ2) is 4.96. The Balaban J connectivity index is 3.23. The SMILES string of the molecule is CNCC(O)c1c(C)cc(C)c(Br)c1O. The van der Waals surface area contributed by atoms with Gasteiger partial charge in [-0.1, -0.05) is 6.07 Å². The highest BCUT2D eigenvalue weighted by atomic mass is 79.9. The third-order valence-electron chi connectivity index (χ3n) is 2.40. The molecule has 3 N–H and O–H groups in total. The van der Waals surface area contributed by atoms with Gasteiger partial charge in [0.05, 0.1) is 10.6 Å². The van der Waals surface area contributed by atoms with Crippen LogP contribution >= 0.6 is 15.9 Å². The number of aliphatic hydroxyl groups is 1. The number of phenols is 1. The van der Waals surface area contributed by atoms with Gasteiger partial charge in [-0.25, -0.2) is 0 Å². The van der Waals surface area contributed by atoms with Crippen molar-refractivity contribution in [3.63, 3.8) is 0 Å². The van der Waals surface area contributed by atoms with Gasteiger partial charge < -0.3 is 15.5 Å². The molecule has 1 unspecified atom stereocenters. The number of rotatable bonds is 3. The van der Waals surface area contributed by atoms with Crippen molar-refractivity contribution in [1.29, 1.82) is 0 Å². The standard InChI is InChI=1S/C11H16BrNO2/c1-6-4-7(2)10(12)11(15)9(6)8(14)5-13-3/h4,8,13-15H,5H2,1-3H3. The molecule has 4 heteroatoms. The Morgan fingerprint density at radius 1 is 1.40 bits per heavy atom. The highest BCUT2D eigenvalue weighted by Gasteiger charge is 2.18. The molecule has 1 aromatic carbocycles. The Morgan fingerprint density at radius 3 is 2.53 bits per heavy atom. The van der Waals surface area contributed by atoms with Gasteiger partial charge in [0.2, 0.25) is 0 Å². The van der Waals surface area contributed by atoms with E-state index in [2.05, 4.69) is 21.2 Å². The van der Waals surface area contributed by atoms with Gasteiger partial charge >= 0.3 is 0 Å². The average Bonchev–Trinajstić information content (AvgIpc) is 2.15. The largest absolute Gasteiger partial charge is 0.506 e. The number of benzene rings is 1. The number of aryl methyl sites for hydroxylation is 2. The van der Waals surface area contributed by atoms with E-state index in [4.69, 9.17) is 0 Å². The normalized spacial score (nSPS) is 12.9. The van der Waals surface area contributed by atoms with Crippen LogP contribution in [0.15, 0.2) is 10.5 Å². The number of nitrogens with one attached hydrogen (secondary N) is 1. The van der Waals surface area contributed by atoms with Crippen molar-refractivity contribution in [1.82, 2.24) is 5.32 Å². The van der Waals surface area contributed by atoms with Gasteiger partial charge in [0.25, 0.3) is 0 Å². The molecule has 0 fully saturated rings. The van der Waals surface area contributed by atoms with Crippen LogP contribution in [0.5, 0.6) is 5.75 Å². The molecule has 15 heavy (non-hydrogen) atoms. The van der Waals surface area contributed by atoms with Crippen LogP contribution in [0.4, 0.5) is 0 Å². The van der Waals surface area contributed by atoms with Gasteiger partial charge in [-0.2, -0.15) is 0 Å². The predicted octanol–water partition coefficient (Wildman–Crippen LogP) is 2.02. The molecular formula is C11H16BrNO2. The molecule has 0 saturated heterocycles. The lowest BCUT2D eigenvalue weighted by Gasteiger charge is -2.17. The first-order chi connectivity index (χ1) is 6.99. The molecule has 1 rings (SSSR count). The third kappa shape index (κ3) is 2.51. The first kappa shape index (κ1) is 12.5. The van der Waals surface area contributed by atoms with E-state index in [1.807, 2.05) is 19.9 Å². The van der Waals surface area contributed by atoms with Crippen LogP contribution in [0.25, 0.3) is 0 Å². The quantitative estimate of drug-likeness (QED) is 0.790. The van der Waals surface area contributed by atoms with Crippen molar-refractivity contribution in [3.05, 3.63) is 27.2 Å². The van der Waals surface area contributed by atoms with Gasteiger partial charge in [-0.05, 0) is 48.0 Å². The zero-order valence-corrected chi connectivity index (χ0v) is 10.7. The van der Waals surface area contributed by atoms with Crippen molar-refractivity contribution in [2.24, 2.45) is 0 Å². The highest BCUT2D eigenvalue weighted by Crippen LogP contribution is 2.36. The summed E-state index contributed by atoms with van der Waals surface area (Å²) in [6.45, 7) is 4.21. The van der Waals surface area contributed by atoms with Crippen molar-refractivity contribution < 1.29 is 10.2 Å². The lowest BCUT2D eigenvalue weighted by atomic mass is 9.99. The fourth-order valence-corrected chi connectivity index (χ4v) is 2.00. The molecule has 1 aromatic rings. The summed E-state index contributed by atoms with van der Waals surface area (Å²) < 4.78 is 0.651. The van der Waals surface area contributed by atoms with Crippen molar-refractivity contribution in [2.75, 3.05) is 13.6 Å². The molecule has 1 atom stereocenters. The van der Waals surface area contributed by atoms with E-state index in [0.29, 0.717) is 16.6 Å². The maximum atomic E-state index is 9.92. The van der Waals surface area contributed by atoms with E-state index in [1.165, 1.54) is 0 Å². The van der Waals surface area contributed by atoms with Gasteiger partial charge in [0, 0.05) is 12.1 Å². The maximum Gasteiger partial charge on any atom is 0.136 e. The fraction of sp³-hybridized carbons (Fsp3) is 0.455. The second-order valence-electron chi connectivity index (χ2n) is 3.66. The number of phenolic OH excluding ortho intramolecular Hbond substituents is 1. The van der Waals surface area contributed by atoms with Crippen LogP contribution in [0, 0.1) is 13.8 Å². The summed E-state index contributed by atoms with van der Waals surface area (Å²) in [5.41, 5.74) is 2.45. The minimum Gasteiger partial charge on any atom is -0.506 e. The molecule has 84 valence electrons. The summed E-state index contributed by atoms with van der Waals surface area (Å²) in [6, 6.07) is 1.94. The Labute approximate surface area is 98.3 Å². The lowest BCUT2D eigenvalue weighted by Crippen LogP contribution is -2.17. The van der Waals surface area contributed by atoms with Crippen LogP contribution < -0.4 is 5.32 Å². The maximum absolute atomic E-state index is 9.92. The molecule has 0 heterocycles. The third-order valence-corrected chi connectivity index (χ3v) is 3.40. The van der Waals surface area contributed by atoms with Crippen LogP contribution in [-0.2, 0) is 0 Å². The monoisotopic (exact) mass is 273 g/mol. The van der Waals surface area contributed by atoms with Crippen LogP contribution in [-0.4, -0.2) is 23.8 Å². The number of aliphatic hydroxyl groups excluding tert-OH is 1. The van der Waals surface area contributed by atoms with E-state index in [9.17, 15) is 10.2 Å². The first-order valence-electron chi connectivity index (χ1n) is 4.80. The number of hydrogen-bond donors (Lipinski definition) is 3. The van der Waals surface area contributed by atoms with Crippen molar-refractivity contribution in [2.45, 2.75) is 20.0 Å². The number of aromatic hydroxyl groups is 1. The fourth-order valence-electron chi connectivity index (χ4n) is 1.67. The van der Waals surface area contributed by atoms with Crippen LogP contribution in [0.3, 0.4) is 0 Å². The lowest BCUT2D eigenvalue weighted by molar-refractivity contribution is 0.173. The summed E-state index contributed by atoms with van der Waals surface area (Å²) in [5, 5.41) is 22.7. The van der Waals surface area contributed by atoms with E-state index in [-0.39, 0.29) is 5.75 Å². The molecule has 3 nitrogen and oxygen atoms in total. The summed E-state index contributed by atoms with van der Waals surface area (Å²) in [7, 11) is 1.76. The average molecular weight is 274 g/mol. The summed E-state index contributed by atoms with van der Waals surface area (Å²) >= 11 is 3.30.